The van der Waals surface area contributed by atoms with Crippen molar-refractivity contribution in [1.29, 1.82) is 0 Å². The Bertz CT molecular complexity index is 639. The summed E-state index contributed by atoms with van der Waals surface area (Å²) in [6.07, 6.45) is -2.86. The van der Waals surface area contributed by atoms with Crippen LogP contribution in [0.3, 0.4) is 0 Å². The number of alkyl halides is 2. The van der Waals surface area contributed by atoms with Gasteiger partial charge in [0.15, 0.2) is 0 Å². The minimum atomic E-state index is -2.86. The fraction of sp³-hybridized carbons (Fsp3) is 0.133. The Morgan fingerprint density at radius 1 is 1.10 bits per heavy atom. The molecule has 0 heterocycles. The molecule has 0 aliphatic heterocycles. The summed E-state index contributed by atoms with van der Waals surface area (Å²) in [6.45, 7) is 0. The Labute approximate surface area is 118 Å². The zero-order valence-electron chi connectivity index (χ0n) is 11.0. The van der Waals surface area contributed by atoms with Crippen LogP contribution in [0.5, 0.6) is 11.5 Å². The molecule has 0 aliphatic carbocycles. The molecule has 0 spiro atoms. The maximum absolute atomic E-state index is 13.0. The summed E-state index contributed by atoms with van der Waals surface area (Å²) in [6, 6.07) is 8.63. The predicted octanol–water partition coefficient (Wildman–Crippen LogP) is 4.34. The van der Waals surface area contributed by atoms with Crippen LogP contribution in [0, 0.1) is 5.82 Å². The molecule has 0 aliphatic rings. The molecular weight excluding hydrogens is 285 g/mol. The molecule has 3 nitrogen and oxygen atoms in total. The Kier molecular flexibility index (Phi) is 4.47. The lowest BCUT2D eigenvalue weighted by Gasteiger charge is -2.11. The van der Waals surface area contributed by atoms with E-state index in [9.17, 15) is 18.0 Å². The molecule has 2 aromatic rings. The number of benzene rings is 2. The number of methoxy groups -OCH3 is 1. The van der Waals surface area contributed by atoms with Crippen LogP contribution in [0.2, 0.25) is 0 Å². The van der Waals surface area contributed by atoms with E-state index in [4.69, 9.17) is 4.74 Å². The standard InChI is InChI=1S/C15H11F3O3/c1-20-15(19)9-2-5-11(6-3-9)21-13-7-4-10(16)8-12(13)14(17)18/h2-8,14H,1H3. The van der Waals surface area contributed by atoms with Crippen LogP contribution in [-0.2, 0) is 4.74 Å². The molecule has 2 aromatic carbocycles. The van der Waals surface area contributed by atoms with Crippen molar-refractivity contribution in [1.82, 2.24) is 0 Å². The molecule has 2 rings (SSSR count). The minimum absolute atomic E-state index is 0.141. The number of ether oxygens (including phenoxy) is 2. The molecule has 0 N–H and O–H groups in total. The van der Waals surface area contributed by atoms with E-state index in [-0.39, 0.29) is 11.5 Å². The molecule has 6 heteroatoms. The van der Waals surface area contributed by atoms with Gasteiger partial charge in [-0.15, -0.1) is 0 Å². The van der Waals surface area contributed by atoms with Gasteiger partial charge in [-0.1, -0.05) is 0 Å². The van der Waals surface area contributed by atoms with Crippen LogP contribution in [0.4, 0.5) is 13.2 Å². The molecular formula is C15H11F3O3. The van der Waals surface area contributed by atoms with E-state index in [1.807, 2.05) is 0 Å². The van der Waals surface area contributed by atoms with Crippen molar-refractivity contribution in [2.24, 2.45) is 0 Å². The number of hydrogen-bond donors (Lipinski definition) is 0. The molecule has 110 valence electrons. The van der Waals surface area contributed by atoms with Crippen LogP contribution in [0.15, 0.2) is 42.5 Å². The first-order valence-corrected chi connectivity index (χ1v) is 5.95. The normalized spacial score (nSPS) is 10.5. The van der Waals surface area contributed by atoms with Gasteiger partial charge in [-0.3, -0.25) is 0 Å². The van der Waals surface area contributed by atoms with Gasteiger partial charge in [0.05, 0.1) is 18.2 Å². The minimum Gasteiger partial charge on any atom is -0.465 e. The molecule has 0 saturated heterocycles. The average molecular weight is 296 g/mol. The van der Waals surface area contributed by atoms with Gasteiger partial charge in [-0.05, 0) is 42.5 Å². The first-order chi connectivity index (χ1) is 10.0. The molecule has 0 unspecified atom stereocenters. The van der Waals surface area contributed by atoms with Crippen LogP contribution in [0.25, 0.3) is 0 Å². The Balaban J connectivity index is 2.24. The first kappa shape index (κ1) is 14.9. The highest BCUT2D eigenvalue weighted by atomic mass is 19.3. The summed E-state index contributed by atoms with van der Waals surface area (Å²) in [5.74, 6) is -1.18. The highest BCUT2D eigenvalue weighted by Crippen LogP contribution is 2.33. The lowest BCUT2D eigenvalue weighted by molar-refractivity contribution is 0.0600. The first-order valence-electron chi connectivity index (χ1n) is 5.95. The third-order valence-electron chi connectivity index (χ3n) is 2.71. The number of halogens is 3. The summed E-state index contributed by atoms with van der Waals surface area (Å²) in [5.41, 5.74) is -0.231. The Hall–Kier alpha value is -2.50. The predicted molar refractivity (Wildman–Crippen MR) is 69.2 cm³/mol. The second kappa shape index (κ2) is 6.30. The van der Waals surface area contributed by atoms with E-state index in [1.54, 1.807) is 0 Å². The van der Waals surface area contributed by atoms with Gasteiger partial charge in [0.25, 0.3) is 6.43 Å². The van der Waals surface area contributed by atoms with Gasteiger partial charge < -0.3 is 9.47 Å². The second-order valence-electron chi connectivity index (χ2n) is 4.10. The van der Waals surface area contributed by atoms with Crippen molar-refractivity contribution in [2.45, 2.75) is 6.43 Å². The van der Waals surface area contributed by atoms with Crippen LogP contribution >= 0.6 is 0 Å². The van der Waals surface area contributed by atoms with Crippen LogP contribution in [0.1, 0.15) is 22.3 Å². The van der Waals surface area contributed by atoms with Gasteiger partial charge in [-0.2, -0.15) is 0 Å². The van der Waals surface area contributed by atoms with Crippen molar-refractivity contribution >= 4 is 5.97 Å². The number of hydrogen-bond acceptors (Lipinski definition) is 3. The van der Waals surface area contributed by atoms with E-state index in [0.29, 0.717) is 5.56 Å². The third kappa shape index (κ3) is 3.53. The summed E-state index contributed by atoms with van der Waals surface area (Å²) >= 11 is 0. The average Bonchev–Trinajstić information content (AvgIpc) is 2.49. The maximum atomic E-state index is 13.0. The summed E-state index contributed by atoms with van der Waals surface area (Å²) < 4.78 is 48.5. The van der Waals surface area contributed by atoms with Crippen molar-refractivity contribution in [3.05, 3.63) is 59.4 Å². The van der Waals surface area contributed by atoms with Crippen molar-refractivity contribution < 1.29 is 27.4 Å². The lowest BCUT2D eigenvalue weighted by Crippen LogP contribution is -2.00. The monoisotopic (exact) mass is 296 g/mol. The molecule has 0 radical (unpaired) electrons. The fourth-order valence-corrected chi connectivity index (χ4v) is 1.69. The molecule has 0 bridgehead atoms. The largest absolute Gasteiger partial charge is 0.465 e. The van der Waals surface area contributed by atoms with Gasteiger partial charge in [0.2, 0.25) is 0 Å². The third-order valence-corrected chi connectivity index (χ3v) is 2.71. The quantitative estimate of drug-likeness (QED) is 0.787. The molecule has 21 heavy (non-hydrogen) atoms. The Morgan fingerprint density at radius 2 is 1.76 bits per heavy atom. The smallest absolute Gasteiger partial charge is 0.337 e. The van der Waals surface area contributed by atoms with E-state index in [2.05, 4.69) is 4.74 Å². The zero-order valence-corrected chi connectivity index (χ0v) is 11.0. The lowest BCUT2D eigenvalue weighted by atomic mass is 10.2. The molecule has 0 aromatic heterocycles. The fourth-order valence-electron chi connectivity index (χ4n) is 1.69. The second-order valence-corrected chi connectivity index (χ2v) is 4.10. The van der Waals surface area contributed by atoms with Crippen LogP contribution in [-0.4, -0.2) is 13.1 Å². The maximum Gasteiger partial charge on any atom is 0.337 e. The van der Waals surface area contributed by atoms with Gasteiger partial charge in [0.1, 0.15) is 17.3 Å². The molecule has 0 atom stereocenters. The number of esters is 1. The van der Waals surface area contributed by atoms with Gasteiger partial charge >= 0.3 is 5.97 Å². The Morgan fingerprint density at radius 3 is 2.33 bits per heavy atom. The topological polar surface area (TPSA) is 35.5 Å². The van der Waals surface area contributed by atoms with E-state index in [1.165, 1.54) is 31.4 Å². The van der Waals surface area contributed by atoms with Gasteiger partial charge in [0, 0.05) is 0 Å². The van der Waals surface area contributed by atoms with E-state index in [0.717, 1.165) is 18.2 Å². The van der Waals surface area contributed by atoms with Crippen molar-refractivity contribution in [3.63, 3.8) is 0 Å². The highest BCUT2D eigenvalue weighted by molar-refractivity contribution is 5.89. The number of carbonyl (C=O) groups is 1. The summed E-state index contributed by atoms with van der Waals surface area (Å²) in [7, 11) is 1.25. The number of rotatable bonds is 4. The SMILES string of the molecule is COC(=O)c1ccc(Oc2ccc(F)cc2C(F)F)cc1. The van der Waals surface area contributed by atoms with Crippen LogP contribution < -0.4 is 4.74 Å². The molecule has 0 amide bonds. The van der Waals surface area contributed by atoms with Gasteiger partial charge in [-0.25, -0.2) is 18.0 Å². The summed E-state index contributed by atoms with van der Waals surface area (Å²) in [4.78, 5) is 11.3. The highest BCUT2D eigenvalue weighted by Gasteiger charge is 2.16. The van der Waals surface area contributed by atoms with Crippen molar-refractivity contribution in [3.8, 4) is 11.5 Å². The molecule has 0 saturated carbocycles. The van der Waals surface area contributed by atoms with E-state index < -0.39 is 23.8 Å². The summed E-state index contributed by atoms with van der Waals surface area (Å²) in [5, 5.41) is 0. The van der Waals surface area contributed by atoms with E-state index >= 15 is 0 Å². The zero-order chi connectivity index (χ0) is 15.4. The number of carbonyl (C=O) groups excluding carboxylic acids is 1. The van der Waals surface area contributed by atoms with Crippen molar-refractivity contribution in [2.75, 3.05) is 7.11 Å². The molecule has 0 fully saturated rings.